The van der Waals surface area contributed by atoms with Gasteiger partial charge >= 0.3 is 0 Å². The van der Waals surface area contributed by atoms with E-state index in [0.29, 0.717) is 11.1 Å². The Labute approximate surface area is 140 Å². The van der Waals surface area contributed by atoms with Crippen LogP contribution in [0.25, 0.3) is 10.9 Å². The molecule has 24 heavy (non-hydrogen) atoms. The van der Waals surface area contributed by atoms with Gasteiger partial charge in [0.1, 0.15) is 0 Å². The summed E-state index contributed by atoms with van der Waals surface area (Å²) in [6, 6.07) is 13.3. The standard InChI is InChI=1S/C20H20N2O2/c1-12-8-14(3)17-10-15(19(23)22-18(17)9-12)11-21-20(24)16-7-5-4-6-13(16)2/h4-10H,11H2,1-3H3,(H,21,24)(H,22,23). The van der Waals surface area contributed by atoms with Crippen LogP contribution in [0.2, 0.25) is 0 Å². The summed E-state index contributed by atoms with van der Waals surface area (Å²) in [6.45, 7) is 6.11. The van der Waals surface area contributed by atoms with E-state index in [1.165, 1.54) is 0 Å². The van der Waals surface area contributed by atoms with Gasteiger partial charge in [-0.05, 0) is 55.7 Å². The zero-order valence-electron chi connectivity index (χ0n) is 14.1. The van der Waals surface area contributed by atoms with Crippen molar-refractivity contribution < 1.29 is 4.79 Å². The second-order valence-electron chi connectivity index (χ2n) is 6.16. The minimum absolute atomic E-state index is 0.169. The maximum atomic E-state index is 12.3. The third-order valence-electron chi connectivity index (χ3n) is 4.22. The van der Waals surface area contributed by atoms with E-state index >= 15 is 0 Å². The molecule has 1 amide bonds. The molecule has 3 rings (SSSR count). The average molecular weight is 320 g/mol. The molecule has 0 saturated carbocycles. The smallest absolute Gasteiger partial charge is 0.253 e. The summed E-state index contributed by atoms with van der Waals surface area (Å²) in [4.78, 5) is 27.5. The van der Waals surface area contributed by atoms with Crippen molar-refractivity contribution in [2.24, 2.45) is 0 Å². The molecule has 4 nitrogen and oxygen atoms in total. The van der Waals surface area contributed by atoms with Crippen LogP contribution < -0.4 is 10.9 Å². The van der Waals surface area contributed by atoms with E-state index in [0.717, 1.165) is 27.6 Å². The first-order valence-electron chi connectivity index (χ1n) is 7.92. The summed E-state index contributed by atoms with van der Waals surface area (Å²) >= 11 is 0. The molecule has 3 aromatic rings. The number of hydrogen-bond acceptors (Lipinski definition) is 2. The third kappa shape index (κ3) is 3.08. The molecule has 0 aliphatic heterocycles. The van der Waals surface area contributed by atoms with Crippen molar-refractivity contribution in [3.05, 3.63) is 80.6 Å². The summed E-state index contributed by atoms with van der Waals surface area (Å²) in [5.74, 6) is -0.173. The van der Waals surface area contributed by atoms with E-state index in [4.69, 9.17) is 0 Å². The van der Waals surface area contributed by atoms with Gasteiger partial charge in [0, 0.05) is 28.6 Å². The van der Waals surface area contributed by atoms with Crippen LogP contribution in [-0.2, 0) is 6.54 Å². The number of aromatic nitrogens is 1. The Morgan fingerprint density at radius 1 is 1.04 bits per heavy atom. The van der Waals surface area contributed by atoms with Crippen LogP contribution in [0.1, 0.15) is 32.6 Å². The highest BCUT2D eigenvalue weighted by Crippen LogP contribution is 2.18. The number of H-pyrrole nitrogens is 1. The van der Waals surface area contributed by atoms with Gasteiger partial charge in [0.15, 0.2) is 0 Å². The Hall–Kier alpha value is -2.88. The number of nitrogens with one attached hydrogen (secondary N) is 2. The molecule has 0 saturated heterocycles. The monoisotopic (exact) mass is 320 g/mol. The number of carbonyl (C=O) groups excluding carboxylic acids is 1. The minimum atomic E-state index is -0.173. The van der Waals surface area contributed by atoms with Gasteiger partial charge in [-0.1, -0.05) is 24.3 Å². The molecule has 0 radical (unpaired) electrons. The third-order valence-corrected chi connectivity index (χ3v) is 4.22. The lowest BCUT2D eigenvalue weighted by atomic mass is 10.0. The first kappa shape index (κ1) is 16.0. The molecule has 2 N–H and O–H groups in total. The SMILES string of the molecule is Cc1cc(C)c2cc(CNC(=O)c3ccccc3C)c(=O)[nH]c2c1. The number of aromatic amines is 1. The highest BCUT2D eigenvalue weighted by atomic mass is 16.1. The lowest BCUT2D eigenvalue weighted by molar-refractivity contribution is 0.0950. The molecule has 1 aromatic heterocycles. The Morgan fingerprint density at radius 2 is 1.79 bits per heavy atom. The van der Waals surface area contributed by atoms with Gasteiger partial charge in [0.25, 0.3) is 11.5 Å². The van der Waals surface area contributed by atoms with Crippen LogP contribution in [0.5, 0.6) is 0 Å². The second-order valence-corrected chi connectivity index (χ2v) is 6.16. The van der Waals surface area contributed by atoms with Crippen molar-refractivity contribution in [3.8, 4) is 0 Å². The number of carbonyl (C=O) groups is 1. The Bertz CT molecular complexity index is 987. The average Bonchev–Trinajstić information content (AvgIpc) is 2.53. The first-order chi connectivity index (χ1) is 11.5. The van der Waals surface area contributed by atoms with E-state index in [1.54, 1.807) is 6.07 Å². The molecule has 0 spiro atoms. The highest BCUT2D eigenvalue weighted by molar-refractivity contribution is 5.95. The molecule has 0 aliphatic rings. The van der Waals surface area contributed by atoms with Gasteiger partial charge in [0.05, 0.1) is 0 Å². The predicted octanol–water partition coefficient (Wildman–Crippen LogP) is 3.38. The highest BCUT2D eigenvalue weighted by Gasteiger charge is 2.10. The molecule has 0 unspecified atom stereocenters. The van der Waals surface area contributed by atoms with Crippen molar-refractivity contribution in [2.45, 2.75) is 27.3 Å². The van der Waals surface area contributed by atoms with Crippen molar-refractivity contribution >= 4 is 16.8 Å². The maximum absolute atomic E-state index is 12.3. The molecule has 4 heteroatoms. The molecular weight excluding hydrogens is 300 g/mol. The normalized spacial score (nSPS) is 10.8. The van der Waals surface area contributed by atoms with Crippen molar-refractivity contribution in [1.29, 1.82) is 0 Å². The lowest BCUT2D eigenvalue weighted by Crippen LogP contribution is -2.27. The molecule has 0 atom stereocenters. The molecular formula is C20H20N2O2. The molecule has 1 heterocycles. The van der Waals surface area contributed by atoms with Gasteiger partial charge in [-0.15, -0.1) is 0 Å². The van der Waals surface area contributed by atoms with E-state index < -0.39 is 0 Å². The topological polar surface area (TPSA) is 62.0 Å². The number of pyridine rings is 1. The quantitative estimate of drug-likeness (QED) is 0.777. The zero-order chi connectivity index (χ0) is 17.3. The summed E-state index contributed by atoms with van der Waals surface area (Å²) in [6.07, 6.45) is 0. The fourth-order valence-corrected chi connectivity index (χ4v) is 2.95. The minimum Gasteiger partial charge on any atom is -0.348 e. The summed E-state index contributed by atoms with van der Waals surface area (Å²) in [7, 11) is 0. The van der Waals surface area contributed by atoms with E-state index in [-0.39, 0.29) is 18.0 Å². The van der Waals surface area contributed by atoms with Crippen molar-refractivity contribution in [2.75, 3.05) is 0 Å². The van der Waals surface area contributed by atoms with Crippen LogP contribution in [0.15, 0.2) is 47.3 Å². The number of hydrogen-bond donors (Lipinski definition) is 2. The molecule has 122 valence electrons. The van der Waals surface area contributed by atoms with Crippen LogP contribution in [-0.4, -0.2) is 10.9 Å². The van der Waals surface area contributed by atoms with Crippen LogP contribution in [0.3, 0.4) is 0 Å². The Balaban J connectivity index is 1.88. The van der Waals surface area contributed by atoms with Gasteiger partial charge in [0.2, 0.25) is 0 Å². The predicted molar refractivity (Wildman–Crippen MR) is 96.4 cm³/mol. The van der Waals surface area contributed by atoms with Gasteiger partial charge in [-0.25, -0.2) is 0 Å². The van der Waals surface area contributed by atoms with E-state index in [1.807, 2.05) is 51.1 Å². The molecule has 0 fully saturated rings. The maximum Gasteiger partial charge on any atom is 0.253 e. The number of fused-ring (bicyclic) bond motifs is 1. The van der Waals surface area contributed by atoms with Gasteiger partial charge < -0.3 is 10.3 Å². The van der Waals surface area contributed by atoms with Gasteiger partial charge in [-0.2, -0.15) is 0 Å². The van der Waals surface area contributed by atoms with E-state index in [2.05, 4.69) is 16.4 Å². The second kappa shape index (κ2) is 6.32. The fraction of sp³-hybridized carbons (Fsp3) is 0.200. The number of benzene rings is 2. The largest absolute Gasteiger partial charge is 0.348 e. The summed E-state index contributed by atoms with van der Waals surface area (Å²) in [5.41, 5.74) is 4.96. The molecule has 0 bridgehead atoms. The van der Waals surface area contributed by atoms with Gasteiger partial charge in [-0.3, -0.25) is 9.59 Å². The van der Waals surface area contributed by atoms with Crippen molar-refractivity contribution in [1.82, 2.24) is 10.3 Å². The lowest BCUT2D eigenvalue weighted by Gasteiger charge is -2.09. The van der Waals surface area contributed by atoms with Crippen molar-refractivity contribution in [3.63, 3.8) is 0 Å². The number of rotatable bonds is 3. The fourth-order valence-electron chi connectivity index (χ4n) is 2.95. The Morgan fingerprint density at radius 3 is 2.54 bits per heavy atom. The van der Waals surface area contributed by atoms with Crippen LogP contribution in [0, 0.1) is 20.8 Å². The molecule has 0 aliphatic carbocycles. The summed E-state index contributed by atoms with van der Waals surface area (Å²) < 4.78 is 0. The molecule has 2 aromatic carbocycles. The first-order valence-corrected chi connectivity index (χ1v) is 7.92. The zero-order valence-corrected chi connectivity index (χ0v) is 14.1. The summed E-state index contributed by atoms with van der Waals surface area (Å²) in [5, 5.41) is 3.83. The number of amides is 1. The van der Waals surface area contributed by atoms with E-state index in [9.17, 15) is 9.59 Å². The Kier molecular flexibility index (Phi) is 4.21. The van der Waals surface area contributed by atoms with Crippen LogP contribution in [0.4, 0.5) is 0 Å². The number of aryl methyl sites for hydroxylation is 3. The van der Waals surface area contributed by atoms with Crippen LogP contribution >= 0.6 is 0 Å².